The second-order valence-corrected chi connectivity index (χ2v) is 10.6. The zero-order valence-corrected chi connectivity index (χ0v) is 17.8. The summed E-state index contributed by atoms with van der Waals surface area (Å²) in [6.45, 7) is 4.69. The normalized spacial score (nSPS) is 17.1. The van der Waals surface area contributed by atoms with Crippen molar-refractivity contribution in [1.82, 2.24) is 9.80 Å². The molecule has 0 bridgehead atoms. The van der Waals surface area contributed by atoms with Crippen LogP contribution in [0, 0.1) is 5.92 Å². The van der Waals surface area contributed by atoms with E-state index in [2.05, 4.69) is 0 Å². The van der Waals surface area contributed by atoms with Gasteiger partial charge in [0.1, 0.15) is 0 Å². The number of sulfone groups is 1. The highest BCUT2D eigenvalue weighted by atomic mass is 32.2. The number of nitrogens with zero attached hydrogens (tertiary/aromatic N) is 2. The molecule has 8 heteroatoms. The predicted molar refractivity (Wildman–Crippen MR) is 109 cm³/mol. The summed E-state index contributed by atoms with van der Waals surface area (Å²) in [6, 6.07) is 6.81. The molecule has 0 spiro atoms. The third-order valence-corrected chi connectivity index (χ3v) is 7.87. The van der Waals surface area contributed by atoms with Gasteiger partial charge in [0.05, 0.1) is 22.1 Å². The Morgan fingerprint density at radius 1 is 1.03 bits per heavy atom. The van der Waals surface area contributed by atoms with Crippen molar-refractivity contribution in [3.63, 3.8) is 0 Å². The van der Waals surface area contributed by atoms with Crippen molar-refractivity contribution in [3.05, 3.63) is 35.4 Å². The Balaban J connectivity index is 1.34. The average Bonchev–Trinajstić information content (AvgIpc) is 2.84. The van der Waals surface area contributed by atoms with Gasteiger partial charge < -0.3 is 4.90 Å². The second kappa shape index (κ2) is 8.65. The van der Waals surface area contributed by atoms with Crippen LogP contribution < -0.4 is 0 Å². The smallest absolute Gasteiger partial charge is 0.261 e. The number of likely N-dealkylation sites (tertiary alicyclic amines) is 1. The molecular weight excluding hydrogens is 392 g/mol. The first-order valence-corrected chi connectivity index (χ1v) is 11.9. The first-order valence-electron chi connectivity index (χ1n) is 10.1. The van der Waals surface area contributed by atoms with Crippen molar-refractivity contribution < 1.29 is 22.8 Å². The van der Waals surface area contributed by atoms with Gasteiger partial charge in [0.2, 0.25) is 5.91 Å². The molecule has 1 fully saturated rings. The lowest BCUT2D eigenvalue weighted by Gasteiger charge is -2.39. The van der Waals surface area contributed by atoms with Crippen molar-refractivity contribution in [2.75, 3.05) is 25.4 Å². The van der Waals surface area contributed by atoms with Crippen LogP contribution in [0.15, 0.2) is 24.3 Å². The van der Waals surface area contributed by atoms with E-state index in [1.165, 1.54) is 4.90 Å². The van der Waals surface area contributed by atoms with E-state index in [1.54, 1.807) is 29.2 Å². The molecule has 1 aromatic carbocycles. The fourth-order valence-electron chi connectivity index (χ4n) is 3.79. The number of hydrogen-bond acceptors (Lipinski definition) is 5. The van der Waals surface area contributed by atoms with Crippen LogP contribution in [-0.4, -0.2) is 66.6 Å². The van der Waals surface area contributed by atoms with E-state index in [1.807, 2.05) is 13.8 Å². The fraction of sp³-hybridized carbons (Fsp3) is 0.571. The number of rotatable bonds is 9. The number of amides is 3. The number of fused-ring (bicyclic) bond motifs is 1. The number of carbonyl (C=O) groups is 3. The lowest BCUT2D eigenvalue weighted by molar-refractivity contribution is -0.134. The highest BCUT2D eigenvalue weighted by Gasteiger charge is 2.39. The molecular formula is C21H28N2O5S. The third kappa shape index (κ3) is 4.69. The number of unbranched alkanes of at least 4 members (excludes halogenated alkanes) is 2. The van der Waals surface area contributed by atoms with Crippen LogP contribution in [0.1, 0.15) is 60.2 Å². The molecule has 0 aromatic heterocycles. The summed E-state index contributed by atoms with van der Waals surface area (Å²) in [5.74, 6) is -0.280. The molecule has 1 aromatic rings. The Hall–Kier alpha value is -2.22. The summed E-state index contributed by atoms with van der Waals surface area (Å²) in [5, 5.41) is -0.428. The van der Waals surface area contributed by atoms with Crippen LogP contribution in [0.3, 0.4) is 0 Å². The van der Waals surface area contributed by atoms with Crippen molar-refractivity contribution in [3.8, 4) is 0 Å². The maximum absolute atomic E-state index is 12.3. The quantitative estimate of drug-likeness (QED) is 0.451. The Bertz CT molecular complexity index is 868. The molecule has 29 heavy (non-hydrogen) atoms. The number of hydrogen-bond donors (Lipinski definition) is 0. The van der Waals surface area contributed by atoms with Crippen molar-refractivity contribution in [2.45, 2.75) is 44.8 Å². The Labute approximate surface area is 172 Å². The molecule has 0 N–H and O–H groups in total. The van der Waals surface area contributed by atoms with E-state index in [0.29, 0.717) is 50.0 Å². The topological polar surface area (TPSA) is 91.8 Å². The molecule has 0 aliphatic carbocycles. The first-order chi connectivity index (χ1) is 13.7. The Kier molecular flexibility index (Phi) is 6.41. The third-order valence-electron chi connectivity index (χ3n) is 5.42. The van der Waals surface area contributed by atoms with Crippen LogP contribution in [0.25, 0.3) is 0 Å². The van der Waals surface area contributed by atoms with Crippen LogP contribution in [0.4, 0.5) is 0 Å². The standard InChI is InChI=1S/C21H28N2O5S/c1-15(2)14-29(27,28)16-12-22(13-16)19(24)10-4-3-7-11-23-20(25)17-8-5-6-9-18(17)21(23)26/h5-6,8-9,15-16H,3-4,7,10-14H2,1-2H3. The monoisotopic (exact) mass is 420 g/mol. The SMILES string of the molecule is CC(C)CS(=O)(=O)C1CN(C(=O)CCCCCN2C(=O)c3ccccc3C2=O)C1. The van der Waals surface area contributed by atoms with E-state index in [4.69, 9.17) is 0 Å². The number of carbonyl (C=O) groups excluding carboxylic acids is 3. The zero-order valence-electron chi connectivity index (χ0n) is 17.0. The lowest BCUT2D eigenvalue weighted by Crippen LogP contribution is -2.57. The fourth-order valence-corrected chi connectivity index (χ4v) is 5.81. The van der Waals surface area contributed by atoms with Gasteiger partial charge in [-0.2, -0.15) is 0 Å². The molecule has 0 radical (unpaired) electrons. The number of benzene rings is 1. The van der Waals surface area contributed by atoms with Gasteiger partial charge in [0.15, 0.2) is 9.84 Å². The highest BCUT2D eigenvalue weighted by molar-refractivity contribution is 7.92. The summed E-state index contributed by atoms with van der Waals surface area (Å²) in [4.78, 5) is 39.7. The van der Waals surface area contributed by atoms with Gasteiger partial charge in [0.25, 0.3) is 11.8 Å². The second-order valence-electron chi connectivity index (χ2n) is 8.26. The van der Waals surface area contributed by atoms with E-state index in [9.17, 15) is 22.8 Å². The minimum Gasteiger partial charge on any atom is -0.340 e. The first kappa shape index (κ1) is 21.5. The van der Waals surface area contributed by atoms with E-state index in [-0.39, 0.29) is 29.4 Å². The maximum Gasteiger partial charge on any atom is 0.261 e. The van der Waals surface area contributed by atoms with Crippen molar-refractivity contribution in [2.24, 2.45) is 5.92 Å². The summed E-state index contributed by atoms with van der Waals surface area (Å²) in [7, 11) is -3.12. The Morgan fingerprint density at radius 2 is 1.62 bits per heavy atom. The van der Waals surface area contributed by atoms with E-state index in [0.717, 1.165) is 6.42 Å². The summed E-state index contributed by atoms with van der Waals surface area (Å²) < 4.78 is 24.3. The molecule has 2 aliphatic rings. The summed E-state index contributed by atoms with van der Waals surface area (Å²) >= 11 is 0. The molecule has 2 heterocycles. The van der Waals surface area contributed by atoms with Gasteiger partial charge in [-0.3, -0.25) is 19.3 Å². The van der Waals surface area contributed by atoms with Crippen LogP contribution in [0.5, 0.6) is 0 Å². The number of imide groups is 1. The van der Waals surface area contributed by atoms with Gasteiger partial charge in [0, 0.05) is 26.1 Å². The maximum atomic E-state index is 12.3. The summed E-state index contributed by atoms with van der Waals surface area (Å²) in [6.07, 6.45) is 2.38. The zero-order chi connectivity index (χ0) is 21.2. The van der Waals surface area contributed by atoms with Gasteiger partial charge in [-0.25, -0.2) is 8.42 Å². The largest absolute Gasteiger partial charge is 0.340 e. The van der Waals surface area contributed by atoms with Crippen molar-refractivity contribution in [1.29, 1.82) is 0 Å². The molecule has 0 unspecified atom stereocenters. The van der Waals surface area contributed by atoms with Crippen LogP contribution in [0.2, 0.25) is 0 Å². The molecule has 0 saturated carbocycles. The van der Waals surface area contributed by atoms with Gasteiger partial charge in [-0.1, -0.05) is 32.4 Å². The van der Waals surface area contributed by atoms with E-state index < -0.39 is 15.1 Å². The Morgan fingerprint density at radius 3 is 2.17 bits per heavy atom. The predicted octanol–water partition coefficient (Wildman–Crippen LogP) is 2.12. The van der Waals surface area contributed by atoms with Crippen LogP contribution >= 0.6 is 0 Å². The molecule has 0 atom stereocenters. The van der Waals surface area contributed by atoms with Crippen molar-refractivity contribution >= 4 is 27.6 Å². The molecule has 2 aliphatic heterocycles. The molecule has 3 rings (SSSR count). The van der Waals surface area contributed by atoms with Gasteiger partial charge in [-0.05, 0) is 30.9 Å². The van der Waals surface area contributed by atoms with Gasteiger partial charge in [-0.15, -0.1) is 0 Å². The lowest BCUT2D eigenvalue weighted by atomic mass is 10.1. The van der Waals surface area contributed by atoms with E-state index >= 15 is 0 Å². The summed E-state index contributed by atoms with van der Waals surface area (Å²) in [5.41, 5.74) is 0.903. The molecule has 1 saturated heterocycles. The minimum absolute atomic E-state index is 0.0262. The minimum atomic E-state index is -3.12. The van der Waals surface area contributed by atoms with Gasteiger partial charge >= 0.3 is 0 Å². The highest BCUT2D eigenvalue weighted by Crippen LogP contribution is 2.23. The van der Waals surface area contributed by atoms with Crippen LogP contribution in [-0.2, 0) is 14.6 Å². The molecule has 7 nitrogen and oxygen atoms in total. The average molecular weight is 421 g/mol. The molecule has 3 amide bonds. The molecule has 158 valence electrons.